The lowest BCUT2D eigenvalue weighted by Gasteiger charge is -2.08. The number of amides is 1. The van der Waals surface area contributed by atoms with Gasteiger partial charge >= 0.3 is 0 Å². The van der Waals surface area contributed by atoms with Gasteiger partial charge in [0, 0.05) is 11.8 Å². The van der Waals surface area contributed by atoms with E-state index >= 15 is 0 Å². The minimum absolute atomic E-state index is 0.0876. The number of phenolic OH excluding ortho intramolecular Hbond substituents is 1. The van der Waals surface area contributed by atoms with Gasteiger partial charge in [-0.25, -0.2) is 0 Å². The normalized spacial score (nSPS) is 10.1. The predicted octanol–water partition coefficient (Wildman–Crippen LogP) is 2.88. The zero-order valence-corrected chi connectivity index (χ0v) is 10.1. The Hall–Kier alpha value is -2.20. The second-order valence-corrected chi connectivity index (χ2v) is 4.12. The molecule has 4 nitrogen and oxygen atoms in total. The third-order valence-electron chi connectivity index (χ3n) is 2.39. The average molecular weight is 263 g/mol. The van der Waals surface area contributed by atoms with E-state index in [0.717, 1.165) is 0 Å². The third-order valence-corrected chi connectivity index (χ3v) is 2.72. The molecule has 0 fully saturated rings. The smallest absolute Gasteiger partial charge is 0.257 e. The number of halogens is 1. The summed E-state index contributed by atoms with van der Waals surface area (Å²) >= 11 is 5.91. The van der Waals surface area contributed by atoms with Crippen LogP contribution < -0.4 is 11.1 Å². The van der Waals surface area contributed by atoms with Gasteiger partial charge in [0.05, 0.1) is 16.3 Å². The fraction of sp³-hybridized carbons (Fsp3) is 0. The van der Waals surface area contributed by atoms with E-state index in [1.54, 1.807) is 30.3 Å². The lowest BCUT2D eigenvalue weighted by Crippen LogP contribution is -2.12. The van der Waals surface area contributed by atoms with Crippen molar-refractivity contribution in [1.29, 1.82) is 0 Å². The first-order valence-corrected chi connectivity index (χ1v) is 5.60. The largest absolute Gasteiger partial charge is 0.506 e. The summed E-state index contributed by atoms with van der Waals surface area (Å²) in [7, 11) is 0. The summed E-state index contributed by atoms with van der Waals surface area (Å²) in [6.45, 7) is 0. The van der Waals surface area contributed by atoms with Gasteiger partial charge in [0.15, 0.2) is 0 Å². The number of phenols is 1. The number of anilines is 2. The topological polar surface area (TPSA) is 75.3 Å². The standard InChI is InChI=1S/C13H11ClN2O2/c14-10-4-2-1-3-9(10)13(18)16-11-6-5-8(15)7-12(11)17/h1-7,17H,15H2,(H,16,18). The first kappa shape index (κ1) is 12.3. The van der Waals surface area contributed by atoms with Crippen LogP contribution in [-0.2, 0) is 0 Å². The quantitative estimate of drug-likeness (QED) is 0.575. The second-order valence-electron chi connectivity index (χ2n) is 3.71. The van der Waals surface area contributed by atoms with Gasteiger partial charge in [-0.05, 0) is 24.3 Å². The summed E-state index contributed by atoms with van der Waals surface area (Å²) in [5, 5.41) is 12.5. The molecule has 4 N–H and O–H groups in total. The zero-order chi connectivity index (χ0) is 13.1. The van der Waals surface area contributed by atoms with E-state index in [4.69, 9.17) is 17.3 Å². The molecule has 0 bridgehead atoms. The number of hydrogen-bond acceptors (Lipinski definition) is 3. The highest BCUT2D eigenvalue weighted by Crippen LogP contribution is 2.26. The van der Waals surface area contributed by atoms with Crippen LogP contribution in [0.25, 0.3) is 0 Å². The molecule has 0 spiro atoms. The molecule has 0 aliphatic carbocycles. The molecule has 2 rings (SSSR count). The van der Waals surface area contributed by atoms with Crippen molar-refractivity contribution in [3.8, 4) is 5.75 Å². The van der Waals surface area contributed by atoms with Crippen molar-refractivity contribution >= 4 is 28.9 Å². The highest BCUT2D eigenvalue weighted by atomic mass is 35.5. The zero-order valence-electron chi connectivity index (χ0n) is 9.35. The van der Waals surface area contributed by atoms with Crippen LogP contribution in [0.3, 0.4) is 0 Å². The van der Waals surface area contributed by atoms with Crippen molar-refractivity contribution in [3.63, 3.8) is 0 Å². The van der Waals surface area contributed by atoms with E-state index < -0.39 is 0 Å². The summed E-state index contributed by atoms with van der Waals surface area (Å²) in [5.74, 6) is -0.476. The van der Waals surface area contributed by atoms with Gasteiger partial charge in [0.1, 0.15) is 5.75 Å². The van der Waals surface area contributed by atoms with Crippen LogP contribution in [0.1, 0.15) is 10.4 Å². The molecule has 92 valence electrons. The Kier molecular flexibility index (Phi) is 3.39. The molecular formula is C13H11ClN2O2. The number of aromatic hydroxyl groups is 1. The van der Waals surface area contributed by atoms with Crippen LogP contribution in [0.5, 0.6) is 5.75 Å². The van der Waals surface area contributed by atoms with Crippen LogP contribution in [-0.4, -0.2) is 11.0 Å². The maximum atomic E-state index is 11.9. The number of nitrogens with two attached hydrogens (primary N) is 1. The molecule has 0 aromatic heterocycles. The maximum Gasteiger partial charge on any atom is 0.257 e. The number of nitrogens with one attached hydrogen (secondary N) is 1. The Bertz CT molecular complexity index is 599. The van der Waals surface area contributed by atoms with Gasteiger partial charge in [0.25, 0.3) is 5.91 Å². The molecule has 0 saturated carbocycles. The second kappa shape index (κ2) is 4.98. The number of benzene rings is 2. The molecule has 0 aliphatic rings. The number of carbonyl (C=O) groups excluding carboxylic acids is 1. The molecule has 2 aromatic rings. The molecule has 0 heterocycles. The minimum Gasteiger partial charge on any atom is -0.506 e. The molecule has 0 aliphatic heterocycles. The van der Waals surface area contributed by atoms with Gasteiger partial charge in [-0.2, -0.15) is 0 Å². The first-order chi connectivity index (χ1) is 8.58. The fourth-order valence-corrected chi connectivity index (χ4v) is 1.71. The van der Waals surface area contributed by atoms with Gasteiger partial charge in [-0.1, -0.05) is 23.7 Å². The van der Waals surface area contributed by atoms with E-state index in [9.17, 15) is 9.90 Å². The van der Waals surface area contributed by atoms with Crippen LogP contribution in [0.4, 0.5) is 11.4 Å². The van der Waals surface area contributed by atoms with Crippen molar-refractivity contribution in [3.05, 3.63) is 53.1 Å². The van der Waals surface area contributed by atoms with Crippen LogP contribution >= 0.6 is 11.6 Å². The molecular weight excluding hydrogens is 252 g/mol. The van der Waals surface area contributed by atoms with Crippen molar-refractivity contribution < 1.29 is 9.90 Å². The van der Waals surface area contributed by atoms with Crippen molar-refractivity contribution in [2.75, 3.05) is 11.1 Å². The molecule has 18 heavy (non-hydrogen) atoms. The monoisotopic (exact) mass is 262 g/mol. The van der Waals surface area contributed by atoms with Gasteiger partial charge in [-0.3, -0.25) is 4.79 Å². The third kappa shape index (κ3) is 2.55. The van der Waals surface area contributed by atoms with Crippen molar-refractivity contribution in [1.82, 2.24) is 0 Å². The molecule has 0 radical (unpaired) electrons. The van der Waals surface area contributed by atoms with E-state index in [1.165, 1.54) is 12.1 Å². The molecule has 2 aromatic carbocycles. The summed E-state index contributed by atoms with van der Waals surface area (Å²) < 4.78 is 0. The Morgan fingerprint density at radius 1 is 1.22 bits per heavy atom. The van der Waals surface area contributed by atoms with E-state index in [0.29, 0.717) is 16.3 Å². The highest BCUT2D eigenvalue weighted by molar-refractivity contribution is 6.34. The number of rotatable bonds is 2. The molecule has 0 saturated heterocycles. The first-order valence-electron chi connectivity index (χ1n) is 5.22. The van der Waals surface area contributed by atoms with E-state index in [1.807, 2.05) is 0 Å². The van der Waals surface area contributed by atoms with Crippen LogP contribution in [0.2, 0.25) is 5.02 Å². The van der Waals surface area contributed by atoms with Gasteiger partial charge in [-0.15, -0.1) is 0 Å². The van der Waals surface area contributed by atoms with Crippen molar-refractivity contribution in [2.45, 2.75) is 0 Å². The Labute approximate surface area is 109 Å². The summed E-state index contributed by atoms with van der Waals surface area (Å²) in [4.78, 5) is 11.9. The summed E-state index contributed by atoms with van der Waals surface area (Å²) in [5.41, 5.74) is 6.55. The van der Waals surface area contributed by atoms with Crippen LogP contribution in [0, 0.1) is 0 Å². The SMILES string of the molecule is Nc1ccc(NC(=O)c2ccccc2Cl)c(O)c1. The highest BCUT2D eigenvalue weighted by Gasteiger charge is 2.11. The number of nitrogen functional groups attached to an aromatic ring is 1. The number of carbonyl (C=O) groups is 1. The van der Waals surface area contributed by atoms with Gasteiger partial charge < -0.3 is 16.2 Å². The predicted molar refractivity (Wildman–Crippen MR) is 71.9 cm³/mol. The fourth-order valence-electron chi connectivity index (χ4n) is 1.49. The molecule has 1 amide bonds. The molecule has 5 heteroatoms. The summed E-state index contributed by atoms with van der Waals surface area (Å²) in [6, 6.07) is 11.2. The van der Waals surface area contributed by atoms with Crippen LogP contribution in [0.15, 0.2) is 42.5 Å². The minimum atomic E-state index is -0.388. The van der Waals surface area contributed by atoms with Crippen molar-refractivity contribution in [2.24, 2.45) is 0 Å². The lowest BCUT2D eigenvalue weighted by molar-refractivity contribution is 0.102. The molecule has 0 unspecified atom stereocenters. The van der Waals surface area contributed by atoms with E-state index in [2.05, 4.69) is 5.32 Å². The molecule has 0 atom stereocenters. The Morgan fingerprint density at radius 3 is 2.61 bits per heavy atom. The Balaban J connectivity index is 2.24. The maximum absolute atomic E-state index is 11.9. The van der Waals surface area contributed by atoms with E-state index in [-0.39, 0.29) is 17.3 Å². The Morgan fingerprint density at radius 2 is 1.94 bits per heavy atom. The average Bonchev–Trinajstić information content (AvgIpc) is 2.33. The number of hydrogen-bond donors (Lipinski definition) is 3. The lowest BCUT2D eigenvalue weighted by atomic mass is 10.2. The summed E-state index contributed by atoms with van der Waals surface area (Å²) in [6.07, 6.45) is 0. The van der Waals surface area contributed by atoms with Gasteiger partial charge in [0.2, 0.25) is 0 Å².